The highest BCUT2D eigenvalue weighted by molar-refractivity contribution is 7.89. The third kappa shape index (κ3) is 4.31. The lowest BCUT2D eigenvalue weighted by Crippen LogP contribution is -2.64. The zero-order valence-corrected chi connectivity index (χ0v) is 21.4. The Morgan fingerprint density at radius 3 is 2.09 bits per heavy atom. The molecule has 4 bridgehead atoms. The van der Waals surface area contributed by atoms with E-state index in [0.29, 0.717) is 24.3 Å². The van der Waals surface area contributed by atoms with E-state index in [0.717, 1.165) is 30.8 Å². The number of benzene rings is 2. The predicted octanol–water partition coefficient (Wildman–Crippen LogP) is 4.87. The van der Waals surface area contributed by atoms with Crippen molar-refractivity contribution in [2.75, 3.05) is 31.5 Å². The first-order chi connectivity index (χ1) is 16.8. The third-order valence-electron chi connectivity index (χ3n) is 8.77. The van der Waals surface area contributed by atoms with Crippen molar-refractivity contribution in [2.45, 2.75) is 49.0 Å². The Morgan fingerprint density at radius 1 is 0.886 bits per heavy atom. The van der Waals surface area contributed by atoms with Crippen LogP contribution in [0.4, 0.5) is 5.69 Å². The van der Waals surface area contributed by atoms with Crippen molar-refractivity contribution in [1.29, 1.82) is 0 Å². The van der Waals surface area contributed by atoms with Crippen LogP contribution in [-0.4, -0.2) is 55.2 Å². The fraction of sp³-hybridized carbons (Fsp3) is 0.519. The SMILES string of the molecule is O=C(Nc1ccccc1)c1cc(S(=O)(=O)N2CCN(C34CC5CC(CC(C5)C3)C4)CC2)ccc1Cl. The molecular formula is C27H32ClN3O3S. The molecule has 0 unspecified atom stereocenters. The number of nitrogens with zero attached hydrogens (tertiary/aromatic N) is 2. The summed E-state index contributed by atoms with van der Waals surface area (Å²) in [5, 5.41) is 3.01. The van der Waals surface area contributed by atoms with Gasteiger partial charge in [-0.2, -0.15) is 4.31 Å². The number of para-hydroxylation sites is 1. The molecule has 0 spiro atoms. The van der Waals surface area contributed by atoms with Crippen LogP contribution in [0.3, 0.4) is 0 Å². The smallest absolute Gasteiger partial charge is 0.257 e. The molecule has 0 aromatic heterocycles. The molecule has 4 saturated carbocycles. The van der Waals surface area contributed by atoms with Gasteiger partial charge in [-0.05, 0) is 86.6 Å². The second-order valence-corrected chi connectivity index (χ2v) is 13.3. The molecule has 1 N–H and O–H groups in total. The number of hydrogen-bond acceptors (Lipinski definition) is 4. The lowest BCUT2D eigenvalue weighted by molar-refractivity contribution is -0.0964. The average molecular weight is 514 g/mol. The highest BCUT2D eigenvalue weighted by Gasteiger charge is 2.54. The summed E-state index contributed by atoms with van der Waals surface area (Å²) in [6.45, 7) is 2.52. The van der Waals surface area contributed by atoms with Crippen molar-refractivity contribution in [3.63, 3.8) is 0 Å². The third-order valence-corrected chi connectivity index (χ3v) is 11.0. The molecule has 6 nitrogen and oxygen atoms in total. The molecule has 1 amide bonds. The highest BCUT2D eigenvalue weighted by atomic mass is 35.5. The van der Waals surface area contributed by atoms with E-state index < -0.39 is 15.9 Å². The van der Waals surface area contributed by atoms with E-state index in [9.17, 15) is 13.2 Å². The van der Waals surface area contributed by atoms with Gasteiger partial charge in [-0.1, -0.05) is 29.8 Å². The Kier molecular flexibility index (Phi) is 5.95. The molecule has 186 valence electrons. The van der Waals surface area contributed by atoms with Gasteiger partial charge in [0.2, 0.25) is 10.0 Å². The average Bonchev–Trinajstić information content (AvgIpc) is 2.84. The fourth-order valence-electron chi connectivity index (χ4n) is 7.56. The molecule has 0 radical (unpaired) electrons. The number of hydrogen-bond donors (Lipinski definition) is 1. The monoisotopic (exact) mass is 513 g/mol. The summed E-state index contributed by atoms with van der Waals surface area (Å²) in [5.74, 6) is 2.19. The summed E-state index contributed by atoms with van der Waals surface area (Å²) < 4.78 is 28.6. The zero-order chi connectivity index (χ0) is 24.2. The number of amides is 1. The Labute approximate surface area is 212 Å². The van der Waals surface area contributed by atoms with Crippen LogP contribution in [0.15, 0.2) is 53.4 Å². The molecule has 0 atom stereocenters. The van der Waals surface area contributed by atoms with E-state index in [1.807, 2.05) is 18.2 Å². The molecule has 1 aliphatic heterocycles. The van der Waals surface area contributed by atoms with Gasteiger partial charge in [0.05, 0.1) is 15.5 Å². The van der Waals surface area contributed by atoms with Gasteiger partial charge in [-0.3, -0.25) is 9.69 Å². The lowest BCUT2D eigenvalue weighted by atomic mass is 9.52. The van der Waals surface area contributed by atoms with Crippen molar-refractivity contribution in [2.24, 2.45) is 17.8 Å². The normalized spacial score (nSPS) is 30.9. The summed E-state index contributed by atoms with van der Waals surface area (Å²) in [7, 11) is -3.72. The number of carbonyl (C=O) groups is 1. The first-order valence-corrected chi connectivity index (χ1v) is 14.6. The van der Waals surface area contributed by atoms with Crippen LogP contribution in [0.1, 0.15) is 48.9 Å². The minimum Gasteiger partial charge on any atom is -0.322 e. The maximum Gasteiger partial charge on any atom is 0.257 e. The van der Waals surface area contributed by atoms with Crippen LogP contribution in [-0.2, 0) is 10.0 Å². The first kappa shape index (κ1) is 23.5. The van der Waals surface area contributed by atoms with Crippen molar-refractivity contribution < 1.29 is 13.2 Å². The Morgan fingerprint density at radius 2 is 1.49 bits per heavy atom. The summed E-state index contributed by atoms with van der Waals surface area (Å²) in [6.07, 6.45) is 8.10. The van der Waals surface area contributed by atoms with Gasteiger partial charge in [0.25, 0.3) is 5.91 Å². The van der Waals surface area contributed by atoms with Gasteiger partial charge < -0.3 is 5.32 Å². The molecule has 4 aliphatic carbocycles. The molecule has 5 aliphatic rings. The molecule has 1 saturated heterocycles. The van der Waals surface area contributed by atoms with Crippen molar-refractivity contribution in [3.05, 3.63) is 59.1 Å². The molecule has 8 heteroatoms. The number of anilines is 1. The Balaban J connectivity index is 1.16. The number of nitrogens with one attached hydrogen (secondary N) is 1. The first-order valence-electron chi connectivity index (χ1n) is 12.7. The van der Waals surface area contributed by atoms with Gasteiger partial charge in [-0.15, -0.1) is 0 Å². The van der Waals surface area contributed by atoms with Crippen molar-refractivity contribution >= 4 is 33.2 Å². The van der Waals surface area contributed by atoms with Crippen LogP contribution in [0.2, 0.25) is 5.02 Å². The van der Waals surface area contributed by atoms with Crippen LogP contribution >= 0.6 is 11.6 Å². The zero-order valence-electron chi connectivity index (χ0n) is 19.8. The molecule has 1 heterocycles. The number of carbonyl (C=O) groups excluding carboxylic acids is 1. The van der Waals surface area contributed by atoms with Gasteiger partial charge >= 0.3 is 0 Å². The quantitative estimate of drug-likeness (QED) is 0.619. The van der Waals surface area contributed by atoms with E-state index in [1.54, 1.807) is 16.4 Å². The number of halogens is 1. The van der Waals surface area contributed by atoms with Crippen LogP contribution in [0.25, 0.3) is 0 Å². The summed E-state index contributed by atoms with van der Waals surface area (Å²) in [6, 6.07) is 13.5. The number of rotatable bonds is 5. The summed E-state index contributed by atoms with van der Waals surface area (Å²) in [4.78, 5) is 15.6. The molecule has 35 heavy (non-hydrogen) atoms. The van der Waals surface area contributed by atoms with Crippen molar-refractivity contribution in [3.8, 4) is 0 Å². The lowest BCUT2D eigenvalue weighted by Gasteiger charge is -2.61. The molecule has 5 fully saturated rings. The molecule has 7 rings (SSSR count). The van der Waals surface area contributed by atoms with E-state index >= 15 is 0 Å². The van der Waals surface area contributed by atoms with Gasteiger partial charge in [0.1, 0.15) is 0 Å². The standard InChI is InChI=1S/C27H32ClN3O3S/c28-25-7-6-23(15-24(25)26(32)29-22-4-2-1-3-5-22)35(33,34)31-10-8-30(9-11-31)27-16-19-12-20(17-27)14-21(13-19)18-27/h1-7,15,19-21H,8-14,16-18H2,(H,29,32). The second kappa shape index (κ2) is 8.87. The second-order valence-electron chi connectivity index (χ2n) is 11.0. The van der Waals surface area contributed by atoms with E-state index in [2.05, 4.69) is 10.2 Å². The van der Waals surface area contributed by atoms with Crippen LogP contribution in [0, 0.1) is 17.8 Å². The van der Waals surface area contributed by atoms with E-state index in [1.165, 1.54) is 56.7 Å². The Bertz CT molecular complexity index is 1190. The van der Waals surface area contributed by atoms with E-state index in [-0.39, 0.29) is 15.5 Å². The van der Waals surface area contributed by atoms with Crippen molar-refractivity contribution in [1.82, 2.24) is 9.21 Å². The highest BCUT2D eigenvalue weighted by Crippen LogP contribution is 2.57. The maximum absolute atomic E-state index is 13.5. The largest absolute Gasteiger partial charge is 0.322 e. The topological polar surface area (TPSA) is 69.7 Å². The maximum atomic E-state index is 13.5. The van der Waals surface area contributed by atoms with Crippen LogP contribution < -0.4 is 5.32 Å². The summed E-state index contributed by atoms with van der Waals surface area (Å²) in [5.41, 5.74) is 1.08. The fourth-order valence-corrected chi connectivity index (χ4v) is 9.22. The molecule has 2 aromatic rings. The number of piperazine rings is 1. The van der Waals surface area contributed by atoms with Crippen LogP contribution in [0.5, 0.6) is 0 Å². The van der Waals surface area contributed by atoms with E-state index in [4.69, 9.17) is 11.6 Å². The predicted molar refractivity (Wildman–Crippen MR) is 137 cm³/mol. The minimum atomic E-state index is -3.72. The van der Waals surface area contributed by atoms with Gasteiger partial charge in [0, 0.05) is 37.4 Å². The minimum absolute atomic E-state index is 0.114. The molecule has 2 aromatic carbocycles. The molecular weight excluding hydrogens is 482 g/mol. The van der Waals surface area contributed by atoms with Gasteiger partial charge in [-0.25, -0.2) is 8.42 Å². The Hall–Kier alpha value is -1.93. The van der Waals surface area contributed by atoms with Gasteiger partial charge in [0.15, 0.2) is 0 Å². The number of sulfonamides is 1. The summed E-state index contributed by atoms with van der Waals surface area (Å²) >= 11 is 6.29.